The lowest BCUT2D eigenvalue weighted by molar-refractivity contribution is 0.0821. The molecule has 1 amide bonds. The van der Waals surface area contributed by atoms with E-state index in [2.05, 4.69) is 0 Å². The van der Waals surface area contributed by atoms with Crippen LogP contribution in [0.4, 0.5) is 8.78 Å². The third-order valence-corrected chi connectivity index (χ3v) is 7.13. The zero-order chi connectivity index (χ0) is 25.1. The first-order valence-corrected chi connectivity index (χ1v) is 12.7. The first-order valence-electron chi connectivity index (χ1n) is 9.69. The molecular formula is C22H20F2N2O6S2. The highest BCUT2D eigenvalue weighted by molar-refractivity contribution is 7.92. The van der Waals surface area contributed by atoms with Crippen molar-refractivity contribution in [2.45, 2.75) is 23.1 Å². The van der Waals surface area contributed by atoms with Crippen LogP contribution < -0.4 is 14.6 Å². The smallest absolute Gasteiger partial charge is 0.272 e. The van der Waals surface area contributed by atoms with Gasteiger partial charge in [0.05, 0.1) is 0 Å². The van der Waals surface area contributed by atoms with Gasteiger partial charge in [-0.1, -0.05) is 42.0 Å². The van der Waals surface area contributed by atoms with Crippen LogP contribution in [0.3, 0.4) is 0 Å². The summed E-state index contributed by atoms with van der Waals surface area (Å²) < 4.78 is 81.4. The molecule has 3 aromatic rings. The molecule has 0 aliphatic heterocycles. The first kappa shape index (κ1) is 25.3. The highest BCUT2D eigenvalue weighted by atomic mass is 32.2. The number of hydrogen-bond acceptors (Lipinski definition) is 6. The highest BCUT2D eigenvalue weighted by Crippen LogP contribution is 2.32. The summed E-state index contributed by atoms with van der Waals surface area (Å²) in [6.45, 7) is 0.934. The van der Waals surface area contributed by atoms with E-state index in [1.54, 1.807) is 16.9 Å². The molecule has 0 bridgehead atoms. The van der Waals surface area contributed by atoms with E-state index in [1.807, 2.05) is 19.1 Å². The van der Waals surface area contributed by atoms with Crippen LogP contribution in [0, 0.1) is 6.92 Å². The number of alkyl halides is 2. The molecule has 0 radical (unpaired) electrons. The topological polar surface area (TPSA) is 133 Å². The number of rotatable bonds is 8. The number of carbonyl (C=O) groups is 1. The second-order valence-electron chi connectivity index (χ2n) is 7.21. The fourth-order valence-electron chi connectivity index (χ4n) is 3.05. The number of primary sulfonamides is 1. The number of nitrogens with one attached hydrogen (secondary N) is 1. The van der Waals surface area contributed by atoms with Gasteiger partial charge in [-0.05, 0) is 42.8 Å². The van der Waals surface area contributed by atoms with Gasteiger partial charge in [-0.2, -0.15) is 0 Å². The monoisotopic (exact) mass is 510 g/mol. The summed E-state index contributed by atoms with van der Waals surface area (Å²) in [5, 5.41) is 5.07. The lowest BCUT2D eigenvalue weighted by Crippen LogP contribution is -2.32. The zero-order valence-electron chi connectivity index (χ0n) is 17.7. The third-order valence-electron chi connectivity index (χ3n) is 4.64. The van der Waals surface area contributed by atoms with Gasteiger partial charge >= 0.3 is 0 Å². The van der Waals surface area contributed by atoms with Gasteiger partial charge in [-0.15, -0.1) is 0 Å². The van der Waals surface area contributed by atoms with Crippen molar-refractivity contribution in [1.29, 1.82) is 0 Å². The summed E-state index contributed by atoms with van der Waals surface area (Å²) in [5.74, 6) is -1.18. The van der Waals surface area contributed by atoms with E-state index in [0.717, 1.165) is 23.8 Å². The van der Waals surface area contributed by atoms with Crippen molar-refractivity contribution in [3.63, 3.8) is 0 Å². The Balaban J connectivity index is 1.97. The quantitative estimate of drug-likeness (QED) is 0.479. The number of sulfonamides is 2. The van der Waals surface area contributed by atoms with Crippen LogP contribution in [-0.4, -0.2) is 35.8 Å². The van der Waals surface area contributed by atoms with Gasteiger partial charge in [0.1, 0.15) is 22.1 Å². The molecular weight excluding hydrogens is 490 g/mol. The number of hydrogen-bond donors (Lipinski definition) is 2. The largest absolute Gasteiger partial charge is 0.487 e. The Morgan fingerprint density at radius 3 is 2.18 bits per heavy atom. The molecule has 0 spiro atoms. The summed E-state index contributed by atoms with van der Waals surface area (Å²) in [6, 6.07) is 15.5. The average Bonchev–Trinajstić information content (AvgIpc) is 2.77. The van der Waals surface area contributed by atoms with Crippen LogP contribution in [0.1, 0.15) is 15.9 Å². The second-order valence-corrected chi connectivity index (χ2v) is 10.4. The SMILES string of the molecule is Cc1ccc(-c2ccc(C(=O)NS(=O)(=O)c3ccccc3S(N)(=O)=O)cc2OCC(F)F)cc1. The average molecular weight is 511 g/mol. The predicted molar refractivity (Wildman–Crippen MR) is 121 cm³/mol. The van der Waals surface area contributed by atoms with Crippen molar-refractivity contribution in [2.75, 3.05) is 6.61 Å². The minimum absolute atomic E-state index is 0.0564. The summed E-state index contributed by atoms with van der Waals surface area (Å²) in [7, 11) is -9.05. The van der Waals surface area contributed by atoms with E-state index < -0.39 is 48.8 Å². The van der Waals surface area contributed by atoms with E-state index in [0.29, 0.717) is 11.1 Å². The molecule has 0 heterocycles. The van der Waals surface area contributed by atoms with Crippen molar-refractivity contribution in [1.82, 2.24) is 4.72 Å². The summed E-state index contributed by atoms with van der Waals surface area (Å²) in [6.07, 6.45) is -2.78. The molecule has 0 aromatic heterocycles. The Kier molecular flexibility index (Phi) is 7.34. The molecule has 0 unspecified atom stereocenters. The van der Waals surface area contributed by atoms with Crippen LogP contribution in [0.5, 0.6) is 5.75 Å². The molecule has 3 N–H and O–H groups in total. The van der Waals surface area contributed by atoms with E-state index in [4.69, 9.17) is 9.88 Å². The Morgan fingerprint density at radius 2 is 1.59 bits per heavy atom. The summed E-state index contributed by atoms with van der Waals surface area (Å²) in [5.41, 5.74) is 1.81. The van der Waals surface area contributed by atoms with Gasteiger partial charge in [0, 0.05) is 11.1 Å². The fourth-order valence-corrected chi connectivity index (χ4v) is 5.41. The maximum atomic E-state index is 12.8. The van der Waals surface area contributed by atoms with Crippen LogP contribution in [-0.2, 0) is 20.0 Å². The van der Waals surface area contributed by atoms with Crippen LogP contribution >= 0.6 is 0 Å². The molecule has 0 saturated heterocycles. The maximum Gasteiger partial charge on any atom is 0.272 e. The molecule has 8 nitrogen and oxygen atoms in total. The molecule has 0 aliphatic carbocycles. The molecule has 0 aliphatic rings. The number of benzene rings is 3. The number of carbonyl (C=O) groups excluding carboxylic acids is 1. The second kappa shape index (κ2) is 9.87. The van der Waals surface area contributed by atoms with Gasteiger partial charge in [0.15, 0.2) is 0 Å². The Hall–Kier alpha value is -3.35. The highest BCUT2D eigenvalue weighted by Gasteiger charge is 2.26. The van der Waals surface area contributed by atoms with Crippen molar-refractivity contribution in [3.05, 3.63) is 77.9 Å². The molecule has 3 rings (SSSR count). The molecule has 0 saturated carbocycles. The van der Waals surface area contributed by atoms with Gasteiger partial charge in [-0.25, -0.2) is 35.5 Å². The van der Waals surface area contributed by atoms with Crippen molar-refractivity contribution in [2.24, 2.45) is 5.14 Å². The van der Waals surface area contributed by atoms with Crippen LogP contribution in [0.2, 0.25) is 0 Å². The number of amides is 1. The van der Waals surface area contributed by atoms with E-state index in [1.165, 1.54) is 24.3 Å². The number of ether oxygens (including phenoxy) is 1. The van der Waals surface area contributed by atoms with E-state index in [-0.39, 0.29) is 11.3 Å². The first-order chi connectivity index (χ1) is 15.9. The van der Waals surface area contributed by atoms with Crippen molar-refractivity contribution in [3.8, 4) is 16.9 Å². The standard InChI is InChI=1S/C22H20F2N2O6S2/c1-14-6-8-15(9-7-14)17-11-10-16(12-18(17)32-13-21(23)24)22(27)26-34(30,31)20-5-3-2-4-19(20)33(25,28)29/h2-12,21H,13H2,1H3,(H,26,27)(H2,25,28,29). The number of nitrogens with two attached hydrogens (primary N) is 1. The minimum Gasteiger partial charge on any atom is -0.487 e. The number of aryl methyl sites for hydroxylation is 1. The molecule has 34 heavy (non-hydrogen) atoms. The Bertz CT molecular complexity index is 1420. The Morgan fingerprint density at radius 1 is 0.971 bits per heavy atom. The van der Waals surface area contributed by atoms with Crippen molar-refractivity contribution < 1.29 is 35.1 Å². The van der Waals surface area contributed by atoms with Crippen LogP contribution in [0.15, 0.2) is 76.5 Å². The molecule has 3 aromatic carbocycles. The Labute approximate surface area is 195 Å². The molecule has 0 fully saturated rings. The van der Waals surface area contributed by atoms with Gasteiger partial charge in [-0.3, -0.25) is 4.79 Å². The maximum absolute atomic E-state index is 12.8. The summed E-state index contributed by atoms with van der Waals surface area (Å²) in [4.78, 5) is 11.3. The lowest BCUT2D eigenvalue weighted by Gasteiger charge is -2.14. The van der Waals surface area contributed by atoms with E-state index >= 15 is 0 Å². The van der Waals surface area contributed by atoms with Gasteiger partial charge in [0.25, 0.3) is 22.4 Å². The molecule has 180 valence electrons. The number of halogens is 2. The van der Waals surface area contributed by atoms with Crippen LogP contribution in [0.25, 0.3) is 11.1 Å². The zero-order valence-corrected chi connectivity index (χ0v) is 19.4. The fraction of sp³-hybridized carbons (Fsp3) is 0.136. The summed E-state index contributed by atoms with van der Waals surface area (Å²) >= 11 is 0. The normalized spacial score (nSPS) is 11.9. The third kappa shape index (κ3) is 5.95. The van der Waals surface area contributed by atoms with Crippen molar-refractivity contribution >= 4 is 26.0 Å². The molecule has 12 heteroatoms. The minimum atomic E-state index is -4.65. The van der Waals surface area contributed by atoms with E-state index in [9.17, 15) is 30.4 Å². The molecule has 0 atom stereocenters. The van der Waals surface area contributed by atoms with Gasteiger partial charge in [0.2, 0.25) is 10.0 Å². The lowest BCUT2D eigenvalue weighted by atomic mass is 10.0. The van der Waals surface area contributed by atoms with Gasteiger partial charge < -0.3 is 4.74 Å². The predicted octanol–water partition coefficient (Wildman–Crippen LogP) is 3.07.